The molecule has 2 atom stereocenters. The Hall–Kier alpha value is -1.83. The molecule has 0 aromatic carbocycles. The van der Waals surface area contributed by atoms with Crippen LogP contribution in [0.25, 0.3) is 0 Å². The summed E-state index contributed by atoms with van der Waals surface area (Å²) in [7, 11) is 0. The van der Waals surface area contributed by atoms with Crippen molar-refractivity contribution in [3.63, 3.8) is 0 Å². The number of nitrogens with one attached hydrogen (secondary N) is 1. The van der Waals surface area contributed by atoms with E-state index in [0.29, 0.717) is 51.3 Å². The topological polar surface area (TPSA) is 67.4 Å². The van der Waals surface area contributed by atoms with E-state index in [0.717, 1.165) is 18.8 Å². The van der Waals surface area contributed by atoms with Gasteiger partial charge in [-0.3, -0.25) is 4.79 Å². The smallest absolute Gasteiger partial charge is 0.260 e. The second-order valence-electron chi connectivity index (χ2n) is 7.06. The van der Waals surface area contributed by atoms with E-state index in [1.54, 1.807) is 4.90 Å². The maximum Gasteiger partial charge on any atom is 0.260 e. The van der Waals surface area contributed by atoms with Gasteiger partial charge in [-0.15, -0.1) is 0 Å². The molecule has 1 N–H and O–H groups in total. The molecule has 1 aromatic heterocycles. The summed E-state index contributed by atoms with van der Waals surface area (Å²) in [6, 6.07) is -0.00597. The zero-order valence-electron chi connectivity index (χ0n) is 13.3. The molecule has 1 aromatic rings. The summed E-state index contributed by atoms with van der Waals surface area (Å²) in [5, 5.41) is 3.12. The standard InChI is InChI=1S/C16H20F2N4O2/c17-11-7-19-14(20-8-11)21-12-6-15(24-9-12)4-5-22(10-15)13(23)16(18)2-1-3-16/h7-8,12H,1-6,9-10H2,(H,19,20,21). The third kappa shape index (κ3) is 2.72. The van der Waals surface area contributed by atoms with Gasteiger partial charge in [0.15, 0.2) is 11.5 Å². The highest BCUT2D eigenvalue weighted by atomic mass is 19.1. The third-order valence-electron chi connectivity index (χ3n) is 5.30. The lowest BCUT2D eigenvalue weighted by Gasteiger charge is -2.36. The van der Waals surface area contributed by atoms with Crippen LogP contribution in [0.15, 0.2) is 12.4 Å². The molecule has 2 unspecified atom stereocenters. The molecule has 8 heteroatoms. The molecule has 130 valence electrons. The van der Waals surface area contributed by atoms with E-state index >= 15 is 0 Å². The summed E-state index contributed by atoms with van der Waals surface area (Å²) in [6.45, 7) is 1.42. The Labute approximate surface area is 138 Å². The lowest BCUT2D eigenvalue weighted by molar-refractivity contribution is -0.149. The molecule has 0 bridgehead atoms. The lowest BCUT2D eigenvalue weighted by atomic mass is 9.81. The fraction of sp³-hybridized carbons (Fsp3) is 0.688. The average Bonchev–Trinajstić information content (AvgIpc) is 3.14. The maximum atomic E-state index is 14.3. The number of rotatable bonds is 3. The summed E-state index contributed by atoms with van der Waals surface area (Å²) in [5.41, 5.74) is -2.07. The highest BCUT2D eigenvalue weighted by molar-refractivity contribution is 5.86. The van der Waals surface area contributed by atoms with E-state index in [4.69, 9.17) is 4.74 Å². The minimum Gasteiger partial charge on any atom is -0.371 e. The molecule has 3 aliphatic rings. The maximum absolute atomic E-state index is 14.3. The minimum absolute atomic E-state index is 0.00597. The van der Waals surface area contributed by atoms with E-state index in [1.165, 1.54) is 0 Å². The molecular weight excluding hydrogens is 318 g/mol. The van der Waals surface area contributed by atoms with E-state index < -0.39 is 17.1 Å². The first-order valence-electron chi connectivity index (χ1n) is 8.34. The van der Waals surface area contributed by atoms with Gasteiger partial charge in [0.1, 0.15) is 0 Å². The number of ether oxygens (including phenoxy) is 1. The predicted molar refractivity (Wildman–Crippen MR) is 81.6 cm³/mol. The predicted octanol–water partition coefficient (Wildman–Crippen LogP) is 1.68. The van der Waals surface area contributed by atoms with Gasteiger partial charge in [0.25, 0.3) is 5.91 Å². The highest BCUT2D eigenvalue weighted by Gasteiger charge is 2.52. The fourth-order valence-corrected chi connectivity index (χ4v) is 3.79. The van der Waals surface area contributed by atoms with Crippen molar-refractivity contribution in [1.29, 1.82) is 0 Å². The molecule has 2 aliphatic heterocycles. The second kappa shape index (κ2) is 5.61. The van der Waals surface area contributed by atoms with E-state index in [9.17, 15) is 13.6 Å². The molecule has 2 saturated heterocycles. The van der Waals surface area contributed by atoms with Crippen LogP contribution in [-0.4, -0.2) is 57.8 Å². The summed E-state index contributed by atoms with van der Waals surface area (Å²) >= 11 is 0. The quantitative estimate of drug-likeness (QED) is 0.908. The van der Waals surface area contributed by atoms with Crippen molar-refractivity contribution < 1.29 is 18.3 Å². The third-order valence-corrected chi connectivity index (χ3v) is 5.30. The van der Waals surface area contributed by atoms with Gasteiger partial charge in [0.2, 0.25) is 5.95 Å². The molecule has 4 rings (SSSR count). The van der Waals surface area contributed by atoms with Gasteiger partial charge in [-0.1, -0.05) is 0 Å². The first-order chi connectivity index (χ1) is 11.5. The van der Waals surface area contributed by atoms with Crippen LogP contribution in [0.3, 0.4) is 0 Å². The fourth-order valence-electron chi connectivity index (χ4n) is 3.79. The Balaban J connectivity index is 1.36. The van der Waals surface area contributed by atoms with Crippen molar-refractivity contribution in [2.45, 2.75) is 49.4 Å². The van der Waals surface area contributed by atoms with Gasteiger partial charge in [-0.2, -0.15) is 0 Å². The lowest BCUT2D eigenvalue weighted by Crippen LogP contribution is -2.50. The van der Waals surface area contributed by atoms with Crippen molar-refractivity contribution in [1.82, 2.24) is 14.9 Å². The normalized spacial score (nSPS) is 31.2. The minimum atomic E-state index is -1.65. The van der Waals surface area contributed by atoms with Crippen LogP contribution in [0, 0.1) is 5.82 Å². The molecule has 0 radical (unpaired) electrons. The van der Waals surface area contributed by atoms with Crippen LogP contribution in [0.1, 0.15) is 32.1 Å². The number of alkyl halides is 1. The summed E-state index contributed by atoms with van der Waals surface area (Å²) in [5.74, 6) is -0.515. The summed E-state index contributed by atoms with van der Waals surface area (Å²) in [4.78, 5) is 21.7. The van der Waals surface area contributed by atoms with Crippen molar-refractivity contribution >= 4 is 11.9 Å². The SMILES string of the molecule is O=C(N1CCC2(CC(Nc3ncc(F)cn3)CO2)C1)C1(F)CCC1. The number of hydrogen-bond donors (Lipinski definition) is 1. The Morgan fingerprint density at radius 1 is 1.33 bits per heavy atom. The van der Waals surface area contributed by atoms with Gasteiger partial charge in [0, 0.05) is 19.5 Å². The molecular formula is C16H20F2N4O2. The zero-order chi connectivity index (χ0) is 16.8. The van der Waals surface area contributed by atoms with Gasteiger partial charge in [0.05, 0.1) is 30.6 Å². The number of nitrogens with zero attached hydrogens (tertiary/aromatic N) is 3. The van der Waals surface area contributed by atoms with Crippen LogP contribution in [0.4, 0.5) is 14.7 Å². The number of halogens is 2. The van der Waals surface area contributed by atoms with E-state index in [-0.39, 0.29) is 11.9 Å². The molecule has 1 amide bonds. The zero-order valence-corrected chi connectivity index (χ0v) is 13.3. The first kappa shape index (κ1) is 15.7. The number of amides is 1. The summed E-state index contributed by atoms with van der Waals surface area (Å²) < 4.78 is 33.1. The first-order valence-corrected chi connectivity index (χ1v) is 8.34. The summed E-state index contributed by atoms with van der Waals surface area (Å²) in [6.07, 6.45) is 5.06. The Morgan fingerprint density at radius 2 is 2.08 bits per heavy atom. The number of carbonyl (C=O) groups excluding carboxylic acids is 1. The Bertz CT molecular complexity index is 637. The number of carbonyl (C=O) groups is 1. The second-order valence-corrected chi connectivity index (χ2v) is 7.06. The Morgan fingerprint density at radius 3 is 2.75 bits per heavy atom. The van der Waals surface area contributed by atoms with Crippen molar-refractivity contribution in [2.24, 2.45) is 0 Å². The molecule has 1 aliphatic carbocycles. The van der Waals surface area contributed by atoms with Crippen molar-refractivity contribution in [2.75, 3.05) is 25.0 Å². The van der Waals surface area contributed by atoms with Crippen LogP contribution < -0.4 is 5.32 Å². The number of anilines is 1. The highest BCUT2D eigenvalue weighted by Crippen LogP contribution is 2.41. The number of likely N-dealkylation sites (tertiary alicyclic amines) is 1. The molecule has 1 spiro atoms. The van der Waals surface area contributed by atoms with Gasteiger partial charge in [-0.05, 0) is 25.7 Å². The van der Waals surface area contributed by atoms with Crippen LogP contribution in [0.2, 0.25) is 0 Å². The van der Waals surface area contributed by atoms with E-state index in [1.807, 2.05) is 0 Å². The number of hydrogen-bond acceptors (Lipinski definition) is 5. The van der Waals surface area contributed by atoms with Crippen molar-refractivity contribution in [3.8, 4) is 0 Å². The van der Waals surface area contributed by atoms with Gasteiger partial charge in [-0.25, -0.2) is 18.7 Å². The largest absolute Gasteiger partial charge is 0.371 e. The van der Waals surface area contributed by atoms with Crippen LogP contribution in [-0.2, 0) is 9.53 Å². The van der Waals surface area contributed by atoms with Gasteiger partial charge < -0.3 is 15.0 Å². The van der Waals surface area contributed by atoms with Crippen LogP contribution in [0.5, 0.6) is 0 Å². The molecule has 3 fully saturated rings. The number of aromatic nitrogens is 2. The molecule has 24 heavy (non-hydrogen) atoms. The molecule has 3 heterocycles. The average molecular weight is 338 g/mol. The Kier molecular flexibility index (Phi) is 3.67. The monoisotopic (exact) mass is 338 g/mol. The van der Waals surface area contributed by atoms with Crippen LogP contribution >= 0.6 is 0 Å². The van der Waals surface area contributed by atoms with Crippen molar-refractivity contribution in [3.05, 3.63) is 18.2 Å². The molecule has 6 nitrogen and oxygen atoms in total. The van der Waals surface area contributed by atoms with Gasteiger partial charge >= 0.3 is 0 Å². The van der Waals surface area contributed by atoms with E-state index in [2.05, 4.69) is 15.3 Å². The molecule has 1 saturated carbocycles.